The Morgan fingerprint density at radius 1 is 0.857 bits per heavy atom. The van der Waals surface area contributed by atoms with E-state index in [9.17, 15) is 26.7 Å². The lowest BCUT2D eigenvalue weighted by molar-refractivity contribution is -0.292. The largest absolute Gasteiger partial charge is 0.490 e. The SMILES string of the molecule is C[C@H](CCC(=O)NC(F)(F)C(F)(F)F)[C@H]1CC[C@H]2[C@@H]3CC(Oc4cccc(N)c4)C4CC(Oc5cccc(N)c5)CC[C@]4(C)[C@H]3CC[C@]12C. The third-order valence-corrected chi connectivity index (χ3v) is 13.2. The molecular weight excluding hydrogens is 641 g/mol. The molecule has 270 valence electrons. The van der Waals surface area contributed by atoms with Gasteiger partial charge in [-0.2, -0.15) is 22.0 Å². The third-order valence-electron chi connectivity index (χ3n) is 13.2. The molecule has 3 unspecified atom stereocenters. The van der Waals surface area contributed by atoms with Crippen LogP contribution in [0.4, 0.5) is 33.3 Å². The fraction of sp³-hybridized carbons (Fsp3) is 0.658. The third kappa shape index (κ3) is 6.92. The Hall–Kier alpha value is -3.24. The fourth-order valence-electron chi connectivity index (χ4n) is 10.9. The van der Waals surface area contributed by atoms with Gasteiger partial charge in [0.25, 0.3) is 0 Å². The maximum absolute atomic E-state index is 13.4. The van der Waals surface area contributed by atoms with Gasteiger partial charge in [-0.1, -0.05) is 32.9 Å². The van der Waals surface area contributed by atoms with Crippen LogP contribution < -0.4 is 26.3 Å². The standard InChI is InChI=1S/C38H50F5N3O3/c1-22(10-13-34(47)46-38(42,43)37(39,40)41)29-11-12-30-28-21-33(49-26-9-5-7-24(45)19-26)32-20-27(48-25-8-4-6-23(44)18-25)14-16-36(32,3)31(28)15-17-35(29,30)2/h4-9,18-19,22,27-33H,10-17,20-21,44-45H2,1-3H3,(H,46,47)/t22-,27?,28+,29-,30+,31+,32?,33?,35-,36-/m1/s1. The van der Waals surface area contributed by atoms with Gasteiger partial charge >= 0.3 is 12.2 Å². The number of hydrogen-bond acceptors (Lipinski definition) is 5. The van der Waals surface area contributed by atoms with Crippen LogP contribution in [-0.4, -0.2) is 30.3 Å². The molecule has 11 heteroatoms. The zero-order valence-corrected chi connectivity index (χ0v) is 28.6. The van der Waals surface area contributed by atoms with Gasteiger partial charge in [0.15, 0.2) is 0 Å². The summed E-state index contributed by atoms with van der Waals surface area (Å²) in [6.07, 6.45) is 1.86. The lowest BCUT2D eigenvalue weighted by Crippen LogP contribution is -2.59. The first-order valence-corrected chi connectivity index (χ1v) is 17.8. The average Bonchev–Trinajstić information content (AvgIpc) is 3.37. The molecule has 0 spiro atoms. The lowest BCUT2D eigenvalue weighted by Gasteiger charge is -2.63. The van der Waals surface area contributed by atoms with Crippen molar-refractivity contribution >= 4 is 17.3 Å². The number of anilines is 2. The van der Waals surface area contributed by atoms with Gasteiger partial charge < -0.3 is 20.9 Å². The van der Waals surface area contributed by atoms with E-state index in [2.05, 4.69) is 13.8 Å². The summed E-state index contributed by atoms with van der Waals surface area (Å²) in [5.41, 5.74) is 13.5. The van der Waals surface area contributed by atoms with Crippen LogP contribution in [0.5, 0.6) is 11.5 Å². The first-order valence-electron chi connectivity index (χ1n) is 17.8. The summed E-state index contributed by atoms with van der Waals surface area (Å²) in [5.74, 6) is 2.13. The van der Waals surface area contributed by atoms with E-state index in [-0.39, 0.29) is 53.6 Å². The molecule has 4 aliphatic carbocycles. The number of fused-ring (bicyclic) bond motifs is 5. The number of amides is 1. The van der Waals surface area contributed by atoms with E-state index in [1.54, 1.807) is 0 Å². The highest BCUT2D eigenvalue weighted by Gasteiger charge is 2.63. The Kier molecular flexibility index (Phi) is 9.54. The van der Waals surface area contributed by atoms with Gasteiger partial charge in [0, 0.05) is 35.8 Å². The van der Waals surface area contributed by atoms with Crippen molar-refractivity contribution in [2.45, 2.75) is 109 Å². The molecule has 0 aromatic heterocycles. The molecule has 0 heterocycles. The van der Waals surface area contributed by atoms with Gasteiger partial charge in [0.05, 0.1) is 6.10 Å². The predicted octanol–water partition coefficient (Wildman–Crippen LogP) is 9.00. The molecule has 10 atom stereocenters. The summed E-state index contributed by atoms with van der Waals surface area (Å²) >= 11 is 0. The van der Waals surface area contributed by atoms with E-state index < -0.39 is 18.1 Å². The average molecular weight is 692 g/mol. The number of nitrogens with two attached hydrogens (primary N) is 2. The monoisotopic (exact) mass is 691 g/mol. The smallest absolute Gasteiger partial charge is 0.475 e. The van der Waals surface area contributed by atoms with Crippen LogP contribution in [0.2, 0.25) is 0 Å². The fourth-order valence-corrected chi connectivity index (χ4v) is 10.9. The molecule has 0 saturated heterocycles. The summed E-state index contributed by atoms with van der Waals surface area (Å²) in [4.78, 5) is 12.2. The van der Waals surface area contributed by atoms with Crippen molar-refractivity contribution < 1.29 is 36.2 Å². The van der Waals surface area contributed by atoms with Gasteiger partial charge in [-0.15, -0.1) is 0 Å². The first-order chi connectivity index (χ1) is 23.0. The molecule has 0 aliphatic heterocycles. The maximum Gasteiger partial charge on any atom is 0.475 e. The number of carbonyl (C=O) groups excluding carboxylic acids is 1. The van der Waals surface area contributed by atoms with E-state index in [1.165, 1.54) is 0 Å². The van der Waals surface area contributed by atoms with E-state index >= 15 is 0 Å². The van der Waals surface area contributed by atoms with E-state index in [0.29, 0.717) is 29.1 Å². The number of rotatable bonds is 9. The summed E-state index contributed by atoms with van der Waals surface area (Å²) in [7, 11) is 0. The van der Waals surface area contributed by atoms with Crippen LogP contribution in [0.1, 0.15) is 85.0 Å². The Bertz CT molecular complexity index is 1500. The van der Waals surface area contributed by atoms with E-state index in [0.717, 1.165) is 68.2 Å². The Balaban J connectivity index is 1.19. The number of halogens is 5. The second-order valence-corrected chi connectivity index (χ2v) is 15.9. The zero-order valence-electron chi connectivity index (χ0n) is 28.6. The summed E-state index contributed by atoms with van der Waals surface area (Å²) in [6.45, 7) is 6.82. The van der Waals surface area contributed by atoms with Gasteiger partial charge in [0.1, 0.15) is 17.6 Å². The molecule has 6 nitrogen and oxygen atoms in total. The molecule has 1 amide bonds. The summed E-state index contributed by atoms with van der Waals surface area (Å²) < 4.78 is 78.2. The van der Waals surface area contributed by atoms with Gasteiger partial charge in [0.2, 0.25) is 5.91 Å². The lowest BCUT2D eigenvalue weighted by atomic mass is 9.43. The van der Waals surface area contributed by atoms with Crippen molar-refractivity contribution in [3.05, 3.63) is 48.5 Å². The highest BCUT2D eigenvalue weighted by atomic mass is 19.4. The molecule has 6 rings (SSSR count). The molecule has 4 aliphatic rings. The quantitative estimate of drug-likeness (QED) is 0.139. The van der Waals surface area contributed by atoms with Crippen molar-refractivity contribution in [2.24, 2.45) is 46.3 Å². The Labute approximate surface area is 285 Å². The van der Waals surface area contributed by atoms with Crippen LogP contribution in [0.25, 0.3) is 0 Å². The highest BCUT2D eigenvalue weighted by Crippen LogP contribution is 2.68. The van der Waals surface area contributed by atoms with Crippen molar-refractivity contribution in [3.8, 4) is 11.5 Å². The topological polar surface area (TPSA) is 99.6 Å². The van der Waals surface area contributed by atoms with Crippen molar-refractivity contribution in [3.63, 3.8) is 0 Å². The number of nitrogen functional groups attached to an aromatic ring is 2. The Morgan fingerprint density at radius 2 is 1.47 bits per heavy atom. The summed E-state index contributed by atoms with van der Waals surface area (Å²) in [5, 5.41) is 0.889. The molecule has 0 radical (unpaired) electrons. The second kappa shape index (κ2) is 13.1. The highest BCUT2D eigenvalue weighted by molar-refractivity contribution is 5.76. The number of benzene rings is 2. The van der Waals surface area contributed by atoms with Gasteiger partial charge in [-0.05, 0) is 122 Å². The number of hydrogen-bond donors (Lipinski definition) is 3. The van der Waals surface area contributed by atoms with Crippen LogP contribution in [0, 0.1) is 46.3 Å². The second-order valence-electron chi connectivity index (χ2n) is 15.9. The number of alkyl halides is 5. The van der Waals surface area contributed by atoms with Crippen molar-refractivity contribution in [1.29, 1.82) is 0 Å². The minimum absolute atomic E-state index is 0.00249. The van der Waals surface area contributed by atoms with Crippen molar-refractivity contribution in [2.75, 3.05) is 11.5 Å². The Morgan fingerprint density at radius 3 is 2.10 bits per heavy atom. The van der Waals surface area contributed by atoms with Crippen LogP contribution in [-0.2, 0) is 4.79 Å². The van der Waals surface area contributed by atoms with Crippen LogP contribution in [0.3, 0.4) is 0 Å². The van der Waals surface area contributed by atoms with Gasteiger partial charge in [-0.25, -0.2) is 0 Å². The van der Waals surface area contributed by atoms with E-state index in [4.69, 9.17) is 20.9 Å². The van der Waals surface area contributed by atoms with Gasteiger partial charge in [-0.3, -0.25) is 10.1 Å². The van der Waals surface area contributed by atoms with Crippen LogP contribution >= 0.6 is 0 Å². The number of ether oxygens (including phenoxy) is 2. The maximum atomic E-state index is 13.4. The zero-order chi connectivity index (χ0) is 35.4. The molecular formula is C38H50F5N3O3. The summed E-state index contributed by atoms with van der Waals surface area (Å²) in [6, 6.07) is 9.94. The normalized spacial score (nSPS) is 35.0. The molecule has 49 heavy (non-hydrogen) atoms. The van der Waals surface area contributed by atoms with Crippen molar-refractivity contribution in [1.82, 2.24) is 5.32 Å². The predicted molar refractivity (Wildman–Crippen MR) is 179 cm³/mol. The molecule has 4 saturated carbocycles. The number of carbonyl (C=O) groups is 1. The first kappa shape index (κ1) is 35.6. The van der Waals surface area contributed by atoms with Crippen LogP contribution in [0.15, 0.2) is 48.5 Å². The minimum Gasteiger partial charge on any atom is -0.490 e. The minimum atomic E-state index is -5.83. The molecule has 4 fully saturated rings. The molecule has 2 aromatic carbocycles. The molecule has 2 aromatic rings. The van der Waals surface area contributed by atoms with E-state index in [1.807, 2.05) is 55.5 Å². The molecule has 0 bridgehead atoms. The molecule has 5 N–H and O–H groups in total. The number of nitrogens with one attached hydrogen (secondary N) is 1.